The lowest BCUT2D eigenvalue weighted by Gasteiger charge is -2.05. The van der Waals surface area contributed by atoms with Gasteiger partial charge in [-0.3, -0.25) is 14.7 Å². The molecule has 2 N–H and O–H groups in total. The first kappa shape index (κ1) is 19.0. The van der Waals surface area contributed by atoms with Crippen LogP contribution in [-0.4, -0.2) is 35.6 Å². The van der Waals surface area contributed by atoms with Crippen LogP contribution >= 0.6 is 0 Å². The summed E-state index contributed by atoms with van der Waals surface area (Å²) < 4.78 is 11.8. The number of rotatable bonds is 7. The Balaban J connectivity index is 1.59. The number of aryl methyl sites for hydroxylation is 1. The van der Waals surface area contributed by atoms with Gasteiger partial charge in [-0.15, -0.1) is 0 Å². The molecular weight excluding hydrogens is 360 g/mol. The van der Waals surface area contributed by atoms with Gasteiger partial charge >= 0.3 is 0 Å². The Kier molecular flexibility index (Phi) is 5.91. The summed E-state index contributed by atoms with van der Waals surface area (Å²) in [5.41, 5.74) is 3.81. The van der Waals surface area contributed by atoms with Crippen molar-refractivity contribution in [3.05, 3.63) is 76.2 Å². The third kappa shape index (κ3) is 4.47. The standard InChI is InChI=1S/C20H20N4O4/c1-14-18(20(26)24(23-14)15-6-4-3-5-7-15)12-21-22-19(25)13-28-17-10-8-16(27-2)9-11-17/h3-12,23H,13H2,1-2H3,(H,22,25)/b21-12+. The molecule has 0 saturated heterocycles. The monoisotopic (exact) mass is 380 g/mol. The van der Waals surface area contributed by atoms with E-state index < -0.39 is 5.91 Å². The first-order valence-electron chi connectivity index (χ1n) is 8.54. The van der Waals surface area contributed by atoms with E-state index in [0.717, 1.165) is 0 Å². The molecule has 8 heteroatoms. The number of amides is 1. The number of hydrogen-bond acceptors (Lipinski definition) is 5. The molecule has 28 heavy (non-hydrogen) atoms. The number of benzene rings is 2. The number of H-pyrrole nitrogens is 1. The van der Waals surface area contributed by atoms with Gasteiger partial charge in [0.1, 0.15) is 11.5 Å². The van der Waals surface area contributed by atoms with Gasteiger partial charge in [0.2, 0.25) is 0 Å². The molecule has 0 aliphatic heterocycles. The predicted molar refractivity (Wildman–Crippen MR) is 105 cm³/mol. The van der Waals surface area contributed by atoms with E-state index in [-0.39, 0.29) is 12.2 Å². The maximum absolute atomic E-state index is 12.5. The Morgan fingerprint density at radius 3 is 2.50 bits per heavy atom. The van der Waals surface area contributed by atoms with Crippen molar-refractivity contribution in [1.29, 1.82) is 0 Å². The Morgan fingerprint density at radius 2 is 1.82 bits per heavy atom. The number of ether oxygens (including phenoxy) is 2. The SMILES string of the molecule is COc1ccc(OCC(=O)N/N=C/c2c(C)[nH]n(-c3ccccc3)c2=O)cc1. The van der Waals surface area contributed by atoms with Gasteiger partial charge in [-0.1, -0.05) is 18.2 Å². The summed E-state index contributed by atoms with van der Waals surface area (Å²) in [5, 5.41) is 6.84. The Labute approximate surface area is 161 Å². The normalized spacial score (nSPS) is 10.8. The fourth-order valence-electron chi connectivity index (χ4n) is 2.49. The average Bonchev–Trinajstić information content (AvgIpc) is 3.01. The van der Waals surface area contributed by atoms with Crippen molar-refractivity contribution in [2.45, 2.75) is 6.92 Å². The zero-order valence-corrected chi connectivity index (χ0v) is 15.5. The molecule has 1 aromatic heterocycles. The summed E-state index contributed by atoms with van der Waals surface area (Å²) in [6, 6.07) is 16.1. The quantitative estimate of drug-likeness (QED) is 0.484. The first-order valence-corrected chi connectivity index (χ1v) is 8.54. The summed E-state index contributed by atoms with van der Waals surface area (Å²) in [4.78, 5) is 24.4. The minimum absolute atomic E-state index is 0.204. The molecule has 3 rings (SSSR count). The van der Waals surface area contributed by atoms with Gasteiger partial charge in [0, 0.05) is 5.69 Å². The van der Waals surface area contributed by atoms with Crippen molar-refractivity contribution >= 4 is 12.1 Å². The molecule has 8 nitrogen and oxygen atoms in total. The molecule has 1 amide bonds. The lowest BCUT2D eigenvalue weighted by molar-refractivity contribution is -0.123. The smallest absolute Gasteiger partial charge is 0.280 e. The number of para-hydroxylation sites is 1. The van der Waals surface area contributed by atoms with Crippen LogP contribution in [0.3, 0.4) is 0 Å². The molecular formula is C20H20N4O4. The van der Waals surface area contributed by atoms with Crippen LogP contribution in [0.5, 0.6) is 11.5 Å². The molecule has 0 bridgehead atoms. The van der Waals surface area contributed by atoms with Crippen molar-refractivity contribution < 1.29 is 14.3 Å². The third-order valence-corrected chi connectivity index (χ3v) is 3.94. The molecule has 0 atom stereocenters. The van der Waals surface area contributed by atoms with Crippen LogP contribution in [-0.2, 0) is 4.79 Å². The molecule has 2 aromatic carbocycles. The summed E-state index contributed by atoms with van der Waals surface area (Å²) in [7, 11) is 1.57. The van der Waals surface area contributed by atoms with Gasteiger partial charge in [0.25, 0.3) is 11.5 Å². The largest absolute Gasteiger partial charge is 0.497 e. The van der Waals surface area contributed by atoms with E-state index in [1.165, 1.54) is 10.9 Å². The van der Waals surface area contributed by atoms with E-state index >= 15 is 0 Å². The Bertz CT molecular complexity index is 1020. The van der Waals surface area contributed by atoms with Crippen molar-refractivity contribution in [3.8, 4) is 17.2 Å². The van der Waals surface area contributed by atoms with E-state index in [1.54, 1.807) is 38.3 Å². The first-order chi connectivity index (χ1) is 13.6. The number of aromatic nitrogens is 2. The molecule has 0 aliphatic rings. The highest BCUT2D eigenvalue weighted by atomic mass is 16.5. The van der Waals surface area contributed by atoms with Gasteiger partial charge in [-0.2, -0.15) is 5.10 Å². The van der Waals surface area contributed by atoms with Gasteiger partial charge in [0.05, 0.1) is 24.6 Å². The van der Waals surface area contributed by atoms with Gasteiger partial charge < -0.3 is 9.47 Å². The van der Waals surface area contributed by atoms with E-state index in [9.17, 15) is 9.59 Å². The fourth-order valence-corrected chi connectivity index (χ4v) is 2.49. The van der Waals surface area contributed by atoms with Gasteiger partial charge in [-0.05, 0) is 43.3 Å². The van der Waals surface area contributed by atoms with E-state index in [2.05, 4.69) is 15.6 Å². The highest BCUT2D eigenvalue weighted by molar-refractivity contribution is 5.83. The number of carbonyl (C=O) groups is 1. The molecule has 3 aromatic rings. The van der Waals surface area contributed by atoms with Gasteiger partial charge in [-0.25, -0.2) is 10.1 Å². The lowest BCUT2D eigenvalue weighted by Crippen LogP contribution is -2.25. The predicted octanol–water partition coefficient (Wildman–Crippen LogP) is 2.01. The van der Waals surface area contributed by atoms with Crippen LogP contribution in [0, 0.1) is 6.92 Å². The number of carbonyl (C=O) groups excluding carboxylic acids is 1. The lowest BCUT2D eigenvalue weighted by atomic mass is 10.3. The molecule has 1 heterocycles. The number of nitrogens with one attached hydrogen (secondary N) is 2. The molecule has 0 radical (unpaired) electrons. The fraction of sp³-hybridized carbons (Fsp3) is 0.150. The van der Waals surface area contributed by atoms with E-state index in [0.29, 0.717) is 28.4 Å². The van der Waals surface area contributed by atoms with Crippen LogP contribution < -0.4 is 20.5 Å². The number of nitrogens with zero attached hydrogens (tertiary/aromatic N) is 2. The van der Waals surface area contributed by atoms with Crippen molar-refractivity contribution in [2.24, 2.45) is 5.10 Å². The molecule has 0 unspecified atom stereocenters. The van der Waals surface area contributed by atoms with E-state index in [4.69, 9.17) is 9.47 Å². The second-order valence-electron chi connectivity index (χ2n) is 5.88. The maximum atomic E-state index is 12.5. The summed E-state index contributed by atoms with van der Waals surface area (Å²) in [6.07, 6.45) is 1.32. The van der Waals surface area contributed by atoms with E-state index in [1.807, 2.05) is 30.3 Å². The van der Waals surface area contributed by atoms with Crippen LogP contribution in [0.4, 0.5) is 0 Å². The third-order valence-electron chi connectivity index (χ3n) is 3.94. The maximum Gasteiger partial charge on any atom is 0.280 e. The van der Waals surface area contributed by atoms with Crippen LogP contribution in [0.1, 0.15) is 11.3 Å². The summed E-state index contributed by atoms with van der Waals surface area (Å²) in [5.74, 6) is 0.792. The van der Waals surface area contributed by atoms with Crippen LogP contribution in [0.25, 0.3) is 5.69 Å². The van der Waals surface area contributed by atoms with Crippen LogP contribution in [0.15, 0.2) is 64.5 Å². The average molecular weight is 380 g/mol. The minimum atomic E-state index is -0.441. The summed E-state index contributed by atoms with van der Waals surface area (Å²) >= 11 is 0. The highest BCUT2D eigenvalue weighted by Crippen LogP contribution is 2.16. The molecule has 0 fully saturated rings. The topological polar surface area (TPSA) is 97.7 Å². The van der Waals surface area contributed by atoms with Gasteiger partial charge in [0.15, 0.2) is 6.61 Å². The zero-order valence-electron chi connectivity index (χ0n) is 15.5. The Hall–Kier alpha value is -3.81. The number of methoxy groups -OCH3 is 1. The second-order valence-corrected chi connectivity index (χ2v) is 5.88. The number of aromatic amines is 1. The zero-order chi connectivity index (χ0) is 19.9. The minimum Gasteiger partial charge on any atom is -0.497 e. The molecule has 0 saturated carbocycles. The van der Waals surface area contributed by atoms with Crippen LogP contribution in [0.2, 0.25) is 0 Å². The molecule has 0 spiro atoms. The number of hydrazone groups is 1. The van der Waals surface area contributed by atoms with Crippen molar-refractivity contribution in [2.75, 3.05) is 13.7 Å². The summed E-state index contributed by atoms with van der Waals surface area (Å²) in [6.45, 7) is 1.56. The molecule has 0 aliphatic carbocycles. The van der Waals surface area contributed by atoms with Crippen molar-refractivity contribution in [1.82, 2.24) is 15.2 Å². The number of hydrogen-bond donors (Lipinski definition) is 2. The Morgan fingerprint density at radius 1 is 1.14 bits per heavy atom. The second kappa shape index (κ2) is 8.72. The molecule has 144 valence electrons. The van der Waals surface area contributed by atoms with Crippen molar-refractivity contribution in [3.63, 3.8) is 0 Å². The highest BCUT2D eigenvalue weighted by Gasteiger charge is 2.10.